The van der Waals surface area contributed by atoms with Gasteiger partial charge in [0.15, 0.2) is 6.29 Å². The van der Waals surface area contributed by atoms with Crippen LogP contribution >= 0.6 is 0 Å². The summed E-state index contributed by atoms with van der Waals surface area (Å²) in [5, 5.41) is 19.7. The molecule has 0 radical (unpaired) electrons. The summed E-state index contributed by atoms with van der Waals surface area (Å²) in [7, 11) is 0. The summed E-state index contributed by atoms with van der Waals surface area (Å²) < 4.78 is 15.9. The van der Waals surface area contributed by atoms with Gasteiger partial charge < -0.3 is 24.4 Å². The van der Waals surface area contributed by atoms with Gasteiger partial charge in [0.25, 0.3) is 0 Å². The Balaban J connectivity index is 2.08. The average molecular weight is 218 g/mol. The molecule has 2 saturated heterocycles. The first-order valence-corrected chi connectivity index (χ1v) is 5.42. The maximum Gasteiger partial charge on any atom is 0.160 e. The molecule has 4 atom stereocenters. The molecule has 4 unspecified atom stereocenters. The van der Waals surface area contributed by atoms with Crippen LogP contribution in [0.2, 0.25) is 0 Å². The monoisotopic (exact) mass is 218 g/mol. The molecule has 0 spiro atoms. The van der Waals surface area contributed by atoms with Gasteiger partial charge in [-0.05, 0) is 6.42 Å². The summed E-state index contributed by atoms with van der Waals surface area (Å²) in [6.45, 7) is 2.27. The molecule has 0 bridgehead atoms. The number of rotatable bonds is 0. The molecule has 0 saturated carbocycles. The zero-order valence-electron chi connectivity index (χ0n) is 8.67. The Kier molecular flexibility index (Phi) is 3.93. The van der Waals surface area contributed by atoms with Gasteiger partial charge in [-0.2, -0.15) is 0 Å². The van der Waals surface area contributed by atoms with Gasteiger partial charge in [0.05, 0.1) is 32.5 Å². The highest BCUT2D eigenvalue weighted by Crippen LogP contribution is 2.27. The summed E-state index contributed by atoms with van der Waals surface area (Å²) >= 11 is 0. The minimum absolute atomic E-state index is 0.0946. The van der Waals surface area contributed by atoms with Gasteiger partial charge in [0.1, 0.15) is 0 Å². The molecule has 2 aliphatic rings. The minimum Gasteiger partial charge on any atom is -0.393 e. The van der Waals surface area contributed by atoms with Crippen molar-refractivity contribution in [2.75, 3.05) is 33.0 Å². The Bertz CT molecular complexity index is 198. The lowest BCUT2D eigenvalue weighted by atomic mass is 9.87. The number of hydrogen-bond donors (Lipinski definition) is 2. The van der Waals surface area contributed by atoms with Gasteiger partial charge >= 0.3 is 0 Å². The highest BCUT2D eigenvalue weighted by Gasteiger charge is 2.37. The summed E-state index contributed by atoms with van der Waals surface area (Å²) in [6.07, 6.45) is -0.738. The van der Waals surface area contributed by atoms with E-state index in [1.807, 2.05) is 0 Å². The SMILES string of the molecule is OC1CCOCC2C(O)OCCOCC12. The molecule has 0 aliphatic carbocycles. The molecule has 2 aliphatic heterocycles. The second-order valence-corrected chi connectivity index (χ2v) is 4.09. The van der Waals surface area contributed by atoms with Crippen molar-refractivity contribution in [1.82, 2.24) is 0 Å². The van der Waals surface area contributed by atoms with E-state index in [2.05, 4.69) is 0 Å². The lowest BCUT2D eigenvalue weighted by Crippen LogP contribution is -2.42. The molecule has 0 aromatic heterocycles. The van der Waals surface area contributed by atoms with Crippen molar-refractivity contribution in [3.8, 4) is 0 Å². The van der Waals surface area contributed by atoms with E-state index in [0.29, 0.717) is 39.5 Å². The van der Waals surface area contributed by atoms with Crippen LogP contribution in [0, 0.1) is 11.8 Å². The second-order valence-electron chi connectivity index (χ2n) is 4.09. The smallest absolute Gasteiger partial charge is 0.160 e. The Morgan fingerprint density at radius 3 is 2.47 bits per heavy atom. The molecule has 0 aromatic carbocycles. The van der Waals surface area contributed by atoms with Crippen LogP contribution in [0.3, 0.4) is 0 Å². The predicted molar refractivity (Wildman–Crippen MR) is 51.2 cm³/mol. The molecule has 2 fully saturated rings. The first-order valence-electron chi connectivity index (χ1n) is 5.42. The third kappa shape index (κ3) is 2.68. The van der Waals surface area contributed by atoms with Crippen molar-refractivity contribution in [2.45, 2.75) is 18.8 Å². The Morgan fingerprint density at radius 1 is 0.867 bits per heavy atom. The predicted octanol–water partition coefficient (Wildman–Crippen LogP) is -0.635. The van der Waals surface area contributed by atoms with E-state index >= 15 is 0 Å². The molecular formula is C10H18O5. The standard InChI is InChI=1S/C10H18O5/c11-9-1-2-13-6-8-7(9)5-14-3-4-15-10(8)12/h7-12H,1-6H2. The van der Waals surface area contributed by atoms with Gasteiger partial charge in [-0.3, -0.25) is 0 Å². The van der Waals surface area contributed by atoms with E-state index in [1.54, 1.807) is 0 Å². The maximum atomic E-state index is 9.89. The van der Waals surface area contributed by atoms with Crippen molar-refractivity contribution >= 4 is 0 Å². The summed E-state index contributed by atoms with van der Waals surface area (Å²) in [4.78, 5) is 0. The van der Waals surface area contributed by atoms with Crippen LogP contribution in [0.4, 0.5) is 0 Å². The van der Waals surface area contributed by atoms with Gasteiger partial charge in [-0.1, -0.05) is 0 Å². The van der Waals surface area contributed by atoms with E-state index in [0.717, 1.165) is 0 Å². The number of fused-ring (bicyclic) bond motifs is 1. The number of ether oxygens (including phenoxy) is 3. The lowest BCUT2D eigenvalue weighted by molar-refractivity contribution is -0.193. The Labute approximate surface area is 88.9 Å². The van der Waals surface area contributed by atoms with Gasteiger partial charge in [0, 0.05) is 18.4 Å². The van der Waals surface area contributed by atoms with Crippen LogP contribution < -0.4 is 0 Å². The van der Waals surface area contributed by atoms with E-state index in [1.165, 1.54) is 0 Å². The Hall–Kier alpha value is -0.200. The van der Waals surface area contributed by atoms with Gasteiger partial charge in [-0.15, -0.1) is 0 Å². The molecule has 5 nitrogen and oxygen atoms in total. The number of hydrogen-bond acceptors (Lipinski definition) is 5. The van der Waals surface area contributed by atoms with E-state index < -0.39 is 12.4 Å². The molecule has 0 aromatic rings. The Morgan fingerprint density at radius 2 is 1.60 bits per heavy atom. The van der Waals surface area contributed by atoms with Crippen molar-refractivity contribution < 1.29 is 24.4 Å². The molecular weight excluding hydrogens is 200 g/mol. The topological polar surface area (TPSA) is 68.2 Å². The van der Waals surface area contributed by atoms with Crippen molar-refractivity contribution in [3.05, 3.63) is 0 Å². The fourth-order valence-corrected chi connectivity index (χ4v) is 2.15. The molecule has 0 amide bonds. The highest BCUT2D eigenvalue weighted by atomic mass is 16.6. The largest absolute Gasteiger partial charge is 0.393 e. The molecule has 15 heavy (non-hydrogen) atoms. The normalized spacial score (nSPS) is 43.6. The fourth-order valence-electron chi connectivity index (χ4n) is 2.15. The van der Waals surface area contributed by atoms with E-state index in [9.17, 15) is 10.2 Å². The van der Waals surface area contributed by atoms with Crippen molar-refractivity contribution in [1.29, 1.82) is 0 Å². The zero-order chi connectivity index (χ0) is 10.7. The molecule has 2 heterocycles. The molecule has 2 N–H and O–H groups in total. The summed E-state index contributed by atoms with van der Waals surface area (Å²) in [6, 6.07) is 0. The van der Waals surface area contributed by atoms with Crippen LogP contribution in [-0.4, -0.2) is 55.6 Å². The van der Waals surface area contributed by atoms with Crippen molar-refractivity contribution in [2.24, 2.45) is 11.8 Å². The van der Waals surface area contributed by atoms with Crippen LogP contribution in [0.1, 0.15) is 6.42 Å². The maximum absolute atomic E-state index is 9.89. The summed E-state index contributed by atoms with van der Waals surface area (Å²) in [5.41, 5.74) is 0. The van der Waals surface area contributed by atoms with Crippen LogP contribution in [-0.2, 0) is 14.2 Å². The molecule has 88 valence electrons. The highest BCUT2D eigenvalue weighted by molar-refractivity contribution is 4.81. The lowest BCUT2D eigenvalue weighted by Gasteiger charge is -2.32. The first-order chi connectivity index (χ1) is 7.29. The fraction of sp³-hybridized carbons (Fsp3) is 1.00. The van der Waals surface area contributed by atoms with E-state index in [4.69, 9.17) is 14.2 Å². The van der Waals surface area contributed by atoms with Gasteiger partial charge in [0.2, 0.25) is 0 Å². The second kappa shape index (κ2) is 5.23. The third-order valence-electron chi connectivity index (χ3n) is 3.11. The van der Waals surface area contributed by atoms with E-state index in [-0.39, 0.29) is 11.8 Å². The third-order valence-corrected chi connectivity index (χ3v) is 3.11. The van der Waals surface area contributed by atoms with Crippen molar-refractivity contribution in [3.63, 3.8) is 0 Å². The average Bonchev–Trinajstić information content (AvgIpc) is 2.37. The number of aliphatic hydroxyl groups excluding tert-OH is 2. The van der Waals surface area contributed by atoms with Crippen LogP contribution in [0.25, 0.3) is 0 Å². The molecule has 5 heteroatoms. The first kappa shape index (κ1) is 11.3. The van der Waals surface area contributed by atoms with Crippen LogP contribution in [0.15, 0.2) is 0 Å². The quantitative estimate of drug-likeness (QED) is 0.566. The number of aliphatic hydroxyl groups is 2. The summed E-state index contributed by atoms with van der Waals surface area (Å²) in [5.74, 6) is -0.286. The minimum atomic E-state index is -0.855. The zero-order valence-corrected chi connectivity index (χ0v) is 8.67. The molecule has 2 rings (SSSR count). The van der Waals surface area contributed by atoms with Gasteiger partial charge in [-0.25, -0.2) is 0 Å². The van der Waals surface area contributed by atoms with Crippen LogP contribution in [0.5, 0.6) is 0 Å².